The smallest absolute Gasteiger partial charge is 0.287 e. The Kier molecular flexibility index (Phi) is 6.33. The molecule has 0 atom stereocenters. The number of hydrogen-bond donors (Lipinski definition) is 4. The number of amides is 2. The third kappa shape index (κ3) is 4.68. The topological polar surface area (TPSA) is 121 Å². The summed E-state index contributed by atoms with van der Waals surface area (Å²) in [5, 5.41) is 9.77. The number of imidazole rings is 1. The fraction of sp³-hybridized carbons (Fsp3) is 0.417. The summed E-state index contributed by atoms with van der Waals surface area (Å²) in [5.41, 5.74) is 1.40. The van der Waals surface area contributed by atoms with Crippen LogP contribution >= 0.6 is 0 Å². The van der Waals surface area contributed by atoms with Crippen LogP contribution in [-0.2, 0) is 5.54 Å². The second-order valence-electron chi connectivity index (χ2n) is 9.19. The first-order valence-corrected chi connectivity index (χ1v) is 11.3. The lowest BCUT2D eigenvalue weighted by molar-refractivity contribution is 0.0927. The Morgan fingerprint density at radius 3 is 2.67 bits per heavy atom. The van der Waals surface area contributed by atoms with Crippen LogP contribution in [0.15, 0.2) is 30.5 Å². The number of benzene rings is 1. The molecule has 9 heteroatoms. The van der Waals surface area contributed by atoms with E-state index in [0.29, 0.717) is 23.6 Å². The van der Waals surface area contributed by atoms with Crippen LogP contribution in [0.4, 0.5) is 5.82 Å². The van der Waals surface area contributed by atoms with Crippen molar-refractivity contribution in [2.75, 3.05) is 18.9 Å². The van der Waals surface area contributed by atoms with E-state index in [1.165, 1.54) is 6.20 Å². The van der Waals surface area contributed by atoms with E-state index < -0.39 is 0 Å². The summed E-state index contributed by atoms with van der Waals surface area (Å²) in [6.45, 7) is 4.71. The fourth-order valence-electron chi connectivity index (χ4n) is 4.66. The van der Waals surface area contributed by atoms with Gasteiger partial charge in [0.1, 0.15) is 5.82 Å². The minimum atomic E-state index is -0.382. The first kappa shape index (κ1) is 22.7. The van der Waals surface area contributed by atoms with E-state index >= 15 is 0 Å². The third-order valence-corrected chi connectivity index (χ3v) is 6.16. The highest BCUT2D eigenvalue weighted by Gasteiger charge is 2.25. The highest BCUT2D eigenvalue weighted by atomic mass is 16.2. The number of aromatic amines is 1. The van der Waals surface area contributed by atoms with E-state index in [9.17, 15) is 14.4 Å². The van der Waals surface area contributed by atoms with Crippen LogP contribution in [-0.4, -0.2) is 52.3 Å². The number of aldehydes is 1. The van der Waals surface area contributed by atoms with Gasteiger partial charge in [-0.15, -0.1) is 0 Å². The van der Waals surface area contributed by atoms with E-state index in [2.05, 4.69) is 25.9 Å². The highest BCUT2D eigenvalue weighted by Crippen LogP contribution is 2.28. The van der Waals surface area contributed by atoms with Crippen LogP contribution in [0.3, 0.4) is 0 Å². The lowest BCUT2D eigenvalue weighted by Crippen LogP contribution is -2.37. The van der Waals surface area contributed by atoms with Crippen molar-refractivity contribution < 1.29 is 14.4 Å². The van der Waals surface area contributed by atoms with Crippen LogP contribution in [0, 0.1) is 0 Å². The largest absolute Gasteiger partial charge is 0.347 e. The van der Waals surface area contributed by atoms with Crippen LogP contribution in [0.2, 0.25) is 0 Å². The normalized spacial score (nSPS) is 14.5. The Bertz CT molecular complexity index is 1190. The van der Waals surface area contributed by atoms with Gasteiger partial charge in [0, 0.05) is 29.1 Å². The molecule has 0 radical (unpaired) electrons. The molecule has 3 aromatic rings. The van der Waals surface area contributed by atoms with Gasteiger partial charge in [0.15, 0.2) is 12.1 Å². The molecule has 0 bridgehead atoms. The van der Waals surface area contributed by atoms with Crippen molar-refractivity contribution in [1.82, 2.24) is 25.2 Å². The van der Waals surface area contributed by atoms with Crippen molar-refractivity contribution in [1.29, 1.82) is 0 Å². The predicted molar refractivity (Wildman–Crippen MR) is 127 cm³/mol. The van der Waals surface area contributed by atoms with Gasteiger partial charge in [-0.2, -0.15) is 0 Å². The SMILES string of the molecule is CNCC(C)(C)n1c(C=O)cc2ccc(C(=O)Nc3cnc(C(=O)NC4CCCC4)[nH]3)cc21. The molecule has 4 N–H and O–H groups in total. The average Bonchev–Trinajstić information content (AvgIpc) is 3.52. The van der Waals surface area contributed by atoms with Gasteiger partial charge in [-0.05, 0) is 51.9 Å². The van der Waals surface area contributed by atoms with Gasteiger partial charge >= 0.3 is 0 Å². The van der Waals surface area contributed by atoms with E-state index in [0.717, 1.165) is 42.9 Å². The Labute approximate surface area is 192 Å². The van der Waals surface area contributed by atoms with Crippen molar-refractivity contribution in [2.24, 2.45) is 0 Å². The summed E-state index contributed by atoms with van der Waals surface area (Å²) in [5.74, 6) is -0.0907. The molecule has 1 aliphatic rings. The van der Waals surface area contributed by atoms with Gasteiger partial charge in [-0.25, -0.2) is 4.98 Å². The number of carbonyl (C=O) groups is 3. The van der Waals surface area contributed by atoms with Crippen molar-refractivity contribution in [3.05, 3.63) is 47.5 Å². The lowest BCUT2D eigenvalue weighted by atomic mass is 10.0. The standard InChI is InChI=1S/C24H30N6O3/c1-24(2,14-25-3)30-18(13-31)10-15-8-9-16(11-19(15)30)22(32)29-20-12-26-21(28-20)23(33)27-17-6-4-5-7-17/h8-13,17,25H,4-7,14H2,1-3H3,(H,26,28)(H,27,33)(H,29,32). The zero-order valence-electron chi connectivity index (χ0n) is 19.2. The summed E-state index contributed by atoms with van der Waals surface area (Å²) < 4.78 is 1.95. The van der Waals surface area contributed by atoms with Gasteiger partial charge in [0.25, 0.3) is 11.8 Å². The molecule has 0 unspecified atom stereocenters. The first-order valence-electron chi connectivity index (χ1n) is 11.3. The molecule has 1 fully saturated rings. The summed E-state index contributed by atoms with van der Waals surface area (Å²) in [7, 11) is 1.86. The molecule has 1 aromatic carbocycles. The molecule has 174 valence electrons. The molecule has 2 aromatic heterocycles. The Morgan fingerprint density at radius 1 is 1.21 bits per heavy atom. The average molecular weight is 451 g/mol. The molecule has 0 spiro atoms. The first-order chi connectivity index (χ1) is 15.8. The number of likely N-dealkylation sites (N-methyl/N-ethyl adjacent to an activating group) is 1. The second-order valence-corrected chi connectivity index (χ2v) is 9.19. The van der Waals surface area contributed by atoms with E-state index in [4.69, 9.17) is 0 Å². The Morgan fingerprint density at radius 2 is 1.97 bits per heavy atom. The van der Waals surface area contributed by atoms with Crippen LogP contribution in [0.25, 0.3) is 10.9 Å². The molecular formula is C24H30N6O3. The summed E-state index contributed by atoms with van der Waals surface area (Å²) >= 11 is 0. The number of H-pyrrole nitrogens is 1. The van der Waals surface area contributed by atoms with Crippen molar-refractivity contribution in [2.45, 2.75) is 51.1 Å². The van der Waals surface area contributed by atoms with E-state index in [-0.39, 0.29) is 29.2 Å². The molecule has 0 aliphatic heterocycles. The van der Waals surface area contributed by atoms with Crippen molar-refractivity contribution in [3.8, 4) is 0 Å². The van der Waals surface area contributed by atoms with Gasteiger partial charge in [0.05, 0.1) is 17.4 Å². The molecule has 1 aliphatic carbocycles. The molecule has 33 heavy (non-hydrogen) atoms. The Balaban J connectivity index is 1.54. The number of nitrogens with one attached hydrogen (secondary N) is 4. The predicted octanol–water partition coefficient (Wildman–Crippen LogP) is 3.06. The minimum absolute atomic E-state index is 0.172. The van der Waals surface area contributed by atoms with Crippen molar-refractivity contribution in [3.63, 3.8) is 0 Å². The zero-order chi connectivity index (χ0) is 23.6. The molecule has 2 heterocycles. The van der Waals surface area contributed by atoms with E-state index in [1.807, 2.05) is 37.6 Å². The van der Waals surface area contributed by atoms with Gasteiger partial charge in [-0.1, -0.05) is 18.9 Å². The molecule has 9 nitrogen and oxygen atoms in total. The van der Waals surface area contributed by atoms with Crippen LogP contribution in [0.1, 0.15) is 71.0 Å². The molecule has 1 saturated carbocycles. The number of anilines is 1. The maximum atomic E-state index is 12.9. The minimum Gasteiger partial charge on any atom is -0.347 e. The number of nitrogens with zero attached hydrogens (tertiary/aromatic N) is 2. The summed E-state index contributed by atoms with van der Waals surface area (Å²) in [6.07, 6.45) is 6.48. The van der Waals surface area contributed by atoms with E-state index in [1.54, 1.807) is 12.1 Å². The second kappa shape index (κ2) is 9.19. The van der Waals surface area contributed by atoms with Gasteiger partial charge in [-0.3, -0.25) is 14.4 Å². The molecule has 4 rings (SSSR count). The maximum Gasteiger partial charge on any atom is 0.287 e. The quantitative estimate of drug-likeness (QED) is 0.393. The number of fused-ring (bicyclic) bond motifs is 1. The summed E-state index contributed by atoms with van der Waals surface area (Å²) in [6, 6.07) is 7.33. The number of aromatic nitrogens is 3. The monoisotopic (exact) mass is 450 g/mol. The maximum absolute atomic E-state index is 12.9. The molecule has 2 amide bonds. The zero-order valence-corrected chi connectivity index (χ0v) is 19.2. The van der Waals surface area contributed by atoms with Gasteiger partial charge in [0.2, 0.25) is 0 Å². The third-order valence-electron chi connectivity index (χ3n) is 6.16. The molecule has 0 saturated heterocycles. The highest BCUT2D eigenvalue weighted by molar-refractivity contribution is 6.06. The number of hydrogen-bond acceptors (Lipinski definition) is 5. The van der Waals surface area contributed by atoms with Crippen LogP contribution in [0.5, 0.6) is 0 Å². The molecular weight excluding hydrogens is 420 g/mol. The fourth-order valence-corrected chi connectivity index (χ4v) is 4.66. The lowest BCUT2D eigenvalue weighted by Gasteiger charge is -2.29. The van der Waals surface area contributed by atoms with Crippen LogP contribution < -0.4 is 16.0 Å². The summed E-state index contributed by atoms with van der Waals surface area (Å²) in [4.78, 5) is 44.0. The van der Waals surface area contributed by atoms with Gasteiger partial charge < -0.3 is 25.5 Å². The number of rotatable bonds is 8. The number of carbonyl (C=O) groups excluding carboxylic acids is 3. The van der Waals surface area contributed by atoms with Crippen molar-refractivity contribution >= 4 is 34.8 Å². The Hall–Kier alpha value is -3.46.